The minimum absolute atomic E-state index is 0.170. The minimum atomic E-state index is -0.391. The van der Waals surface area contributed by atoms with Crippen molar-refractivity contribution >= 4 is 51.2 Å². The number of halogens is 2. The molecule has 0 fully saturated rings. The summed E-state index contributed by atoms with van der Waals surface area (Å²) in [6, 6.07) is 16.9. The van der Waals surface area contributed by atoms with Crippen molar-refractivity contribution in [3.63, 3.8) is 0 Å². The molecule has 0 spiro atoms. The lowest BCUT2D eigenvalue weighted by Gasteiger charge is -2.11. The quantitative estimate of drug-likeness (QED) is 0.227. The fraction of sp³-hybridized carbons (Fsp3) is 0.192. The summed E-state index contributed by atoms with van der Waals surface area (Å²) in [5.41, 5.74) is 4.21. The average Bonchev–Trinajstić information content (AvgIpc) is 2.88. The molecule has 188 valence electrons. The molecular formula is C26H25BrClN3O5. The molecule has 2 N–H and O–H groups in total. The van der Waals surface area contributed by atoms with Gasteiger partial charge in [0.15, 0.2) is 18.1 Å². The van der Waals surface area contributed by atoms with E-state index in [0.717, 1.165) is 6.42 Å². The molecule has 3 aromatic rings. The zero-order valence-corrected chi connectivity index (χ0v) is 22.1. The predicted octanol–water partition coefficient (Wildman–Crippen LogP) is 5.68. The van der Waals surface area contributed by atoms with Gasteiger partial charge < -0.3 is 19.5 Å². The van der Waals surface area contributed by atoms with Crippen molar-refractivity contribution in [3.05, 3.63) is 81.3 Å². The third kappa shape index (κ3) is 8.00. The Morgan fingerprint density at radius 2 is 1.75 bits per heavy atom. The summed E-state index contributed by atoms with van der Waals surface area (Å²) in [6.45, 7) is 2.40. The second-order valence-corrected chi connectivity index (χ2v) is 8.74. The molecule has 0 radical (unpaired) electrons. The van der Waals surface area contributed by atoms with Crippen LogP contribution in [0.25, 0.3) is 0 Å². The van der Waals surface area contributed by atoms with Gasteiger partial charge in [0.25, 0.3) is 11.8 Å². The maximum atomic E-state index is 12.5. The highest BCUT2D eigenvalue weighted by Gasteiger charge is 2.11. The summed E-state index contributed by atoms with van der Waals surface area (Å²) in [5, 5.41) is 7.33. The SMILES string of the molecule is CCCOc1ccc(C(=O)N/N=C/c2ccc(OCC(=O)Nc3ccc(Cl)cc3)c(Br)c2)cc1OC. The van der Waals surface area contributed by atoms with E-state index in [1.165, 1.54) is 13.3 Å². The van der Waals surface area contributed by atoms with Crippen LogP contribution in [0.2, 0.25) is 5.02 Å². The van der Waals surface area contributed by atoms with Crippen LogP contribution in [0.3, 0.4) is 0 Å². The van der Waals surface area contributed by atoms with Crippen molar-refractivity contribution in [2.45, 2.75) is 13.3 Å². The summed E-state index contributed by atoms with van der Waals surface area (Å²) in [5.74, 6) is 0.840. The number of carbonyl (C=O) groups is 2. The van der Waals surface area contributed by atoms with Gasteiger partial charge in [-0.2, -0.15) is 5.10 Å². The van der Waals surface area contributed by atoms with E-state index in [-0.39, 0.29) is 12.5 Å². The van der Waals surface area contributed by atoms with Gasteiger partial charge in [0, 0.05) is 16.3 Å². The number of ether oxygens (including phenoxy) is 3. The average molecular weight is 575 g/mol. The fourth-order valence-corrected chi connectivity index (χ4v) is 3.60. The third-order valence-corrected chi connectivity index (χ3v) is 5.58. The predicted molar refractivity (Wildman–Crippen MR) is 144 cm³/mol. The number of benzene rings is 3. The molecule has 0 saturated carbocycles. The first kappa shape index (κ1) is 27.0. The van der Waals surface area contributed by atoms with E-state index in [2.05, 4.69) is 31.8 Å². The maximum Gasteiger partial charge on any atom is 0.271 e. The largest absolute Gasteiger partial charge is 0.493 e. The van der Waals surface area contributed by atoms with Crippen molar-refractivity contribution in [2.24, 2.45) is 5.10 Å². The van der Waals surface area contributed by atoms with E-state index in [0.29, 0.717) is 50.2 Å². The van der Waals surface area contributed by atoms with Crippen LogP contribution in [0, 0.1) is 0 Å². The van der Waals surface area contributed by atoms with Gasteiger partial charge in [0.05, 0.1) is 24.4 Å². The summed E-state index contributed by atoms with van der Waals surface area (Å²) in [7, 11) is 1.52. The van der Waals surface area contributed by atoms with E-state index < -0.39 is 5.91 Å². The molecule has 0 aliphatic carbocycles. The fourth-order valence-electron chi connectivity index (χ4n) is 2.96. The van der Waals surface area contributed by atoms with Crippen LogP contribution in [-0.4, -0.2) is 38.4 Å². The molecule has 10 heteroatoms. The lowest BCUT2D eigenvalue weighted by atomic mass is 10.2. The van der Waals surface area contributed by atoms with Gasteiger partial charge in [-0.25, -0.2) is 5.43 Å². The monoisotopic (exact) mass is 573 g/mol. The van der Waals surface area contributed by atoms with E-state index in [9.17, 15) is 9.59 Å². The minimum Gasteiger partial charge on any atom is -0.493 e. The molecule has 0 bridgehead atoms. The number of nitrogens with one attached hydrogen (secondary N) is 2. The van der Waals surface area contributed by atoms with Crippen LogP contribution in [0.5, 0.6) is 17.2 Å². The molecule has 0 heterocycles. The van der Waals surface area contributed by atoms with Crippen molar-refractivity contribution in [3.8, 4) is 17.2 Å². The molecule has 3 rings (SSSR count). The van der Waals surface area contributed by atoms with E-state index >= 15 is 0 Å². The zero-order valence-electron chi connectivity index (χ0n) is 19.7. The molecule has 0 aliphatic rings. The van der Waals surface area contributed by atoms with Gasteiger partial charge in [-0.1, -0.05) is 18.5 Å². The molecule has 0 unspecified atom stereocenters. The number of hydrazone groups is 1. The smallest absolute Gasteiger partial charge is 0.271 e. The second-order valence-electron chi connectivity index (χ2n) is 7.45. The van der Waals surface area contributed by atoms with E-state index in [1.807, 2.05) is 6.92 Å². The van der Waals surface area contributed by atoms with Crippen LogP contribution in [-0.2, 0) is 4.79 Å². The molecule has 0 atom stereocenters. The Morgan fingerprint density at radius 3 is 2.44 bits per heavy atom. The van der Waals surface area contributed by atoms with Crippen LogP contribution in [0.1, 0.15) is 29.3 Å². The second kappa shape index (κ2) is 13.5. The first-order chi connectivity index (χ1) is 17.4. The highest BCUT2D eigenvalue weighted by atomic mass is 79.9. The number of hydrogen-bond acceptors (Lipinski definition) is 6. The number of amides is 2. The number of anilines is 1. The van der Waals surface area contributed by atoms with E-state index in [1.54, 1.807) is 60.7 Å². The van der Waals surface area contributed by atoms with Crippen LogP contribution >= 0.6 is 27.5 Å². The number of rotatable bonds is 11. The van der Waals surface area contributed by atoms with Gasteiger partial charge in [0.1, 0.15) is 5.75 Å². The normalized spacial score (nSPS) is 10.7. The number of methoxy groups -OCH3 is 1. The first-order valence-corrected chi connectivity index (χ1v) is 12.2. The number of nitrogens with zero attached hydrogens (tertiary/aromatic N) is 1. The maximum absolute atomic E-state index is 12.5. The summed E-state index contributed by atoms with van der Waals surface area (Å²) in [4.78, 5) is 24.6. The Labute approximate surface area is 222 Å². The lowest BCUT2D eigenvalue weighted by Crippen LogP contribution is -2.20. The molecule has 0 saturated heterocycles. The zero-order chi connectivity index (χ0) is 25.9. The Kier molecular flexibility index (Phi) is 10.1. The standard InChI is InChI=1S/C26H25BrClN3O5/c1-3-12-35-23-11-5-18(14-24(23)34-2)26(33)31-29-15-17-4-10-22(21(27)13-17)36-16-25(32)30-20-8-6-19(28)7-9-20/h4-11,13-15H,3,12,16H2,1-2H3,(H,30,32)(H,31,33)/b29-15+. The van der Waals surface area contributed by atoms with Crippen molar-refractivity contribution in [2.75, 3.05) is 25.6 Å². The first-order valence-electron chi connectivity index (χ1n) is 11.0. The molecule has 36 heavy (non-hydrogen) atoms. The number of carbonyl (C=O) groups excluding carboxylic acids is 2. The number of hydrogen-bond donors (Lipinski definition) is 2. The van der Waals surface area contributed by atoms with Crippen LogP contribution in [0.4, 0.5) is 5.69 Å². The van der Waals surface area contributed by atoms with Crippen LogP contribution in [0.15, 0.2) is 70.2 Å². The van der Waals surface area contributed by atoms with Crippen molar-refractivity contribution in [1.82, 2.24) is 5.43 Å². The Hall–Kier alpha value is -3.56. The van der Waals surface area contributed by atoms with Crippen molar-refractivity contribution in [1.29, 1.82) is 0 Å². The Bertz CT molecular complexity index is 1230. The van der Waals surface area contributed by atoms with Gasteiger partial charge in [0.2, 0.25) is 0 Å². The highest BCUT2D eigenvalue weighted by Crippen LogP contribution is 2.28. The van der Waals surface area contributed by atoms with Gasteiger partial charge in [-0.3, -0.25) is 9.59 Å². The summed E-state index contributed by atoms with van der Waals surface area (Å²) >= 11 is 9.27. The van der Waals surface area contributed by atoms with Gasteiger partial charge in [-0.05, 0) is 88.6 Å². The molecule has 0 aliphatic heterocycles. The molecule has 3 aromatic carbocycles. The topological polar surface area (TPSA) is 98.3 Å². The van der Waals surface area contributed by atoms with Crippen LogP contribution < -0.4 is 25.0 Å². The molecule has 8 nitrogen and oxygen atoms in total. The van der Waals surface area contributed by atoms with E-state index in [4.69, 9.17) is 25.8 Å². The highest BCUT2D eigenvalue weighted by molar-refractivity contribution is 9.10. The lowest BCUT2D eigenvalue weighted by molar-refractivity contribution is -0.118. The molecule has 0 aromatic heterocycles. The Morgan fingerprint density at radius 1 is 1.00 bits per heavy atom. The summed E-state index contributed by atoms with van der Waals surface area (Å²) in [6.07, 6.45) is 2.36. The molecule has 2 amide bonds. The third-order valence-electron chi connectivity index (χ3n) is 4.71. The van der Waals surface area contributed by atoms with Gasteiger partial charge >= 0.3 is 0 Å². The van der Waals surface area contributed by atoms with Crippen molar-refractivity contribution < 1.29 is 23.8 Å². The molecular weight excluding hydrogens is 550 g/mol. The van der Waals surface area contributed by atoms with Gasteiger partial charge in [-0.15, -0.1) is 0 Å². The Balaban J connectivity index is 1.53. The summed E-state index contributed by atoms with van der Waals surface area (Å²) < 4.78 is 17.1.